The minimum atomic E-state index is 0.883. The molecule has 64 heavy (non-hydrogen) atoms. The number of benzene rings is 11. The van der Waals surface area contributed by atoms with Crippen molar-refractivity contribution in [2.24, 2.45) is 0 Å². The zero-order chi connectivity index (χ0) is 42.1. The van der Waals surface area contributed by atoms with Crippen molar-refractivity contribution in [2.45, 2.75) is 0 Å². The Morgan fingerprint density at radius 2 is 0.797 bits per heavy atom. The lowest BCUT2D eigenvalue weighted by molar-refractivity contribution is 0.669. The molecule has 0 saturated carbocycles. The quantitative estimate of drug-likeness (QED) is 0.150. The average molecular weight is 836 g/mol. The Hall–Kier alpha value is -8.25. The Balaban J connectivity index is 0.932. The summed E-state index contributed by atoms with van der Waals surface area (Å²) in [6, 6.07) is 80.8. The van der Waals surface area contributed by atoms with Crippen LogP contribution in [-0.2, 0) is 0 Å². The first-order valence-electron chi connectivity index (χ1n) is 21.6. The highest BCUT2D eigenvalue weighted by Crippen LogP contribution is 2.44. The molecule has 13 rings (SSSR count). The second kappa shape index (κ2) is 14.7. The maximum Gasteiger partial charge on any atom is 0.135 e. The summed E-state index contributed by atoms with van der Waals surface area (Å²) in [7, 11) is 0. The van der Waals surface area contributed by atoms with Crippen LogP contribution in [0, 0.1) is 0 Å². The molecule has 0 aliphatic carbocycles. The predicted molar refractivity (Wildman–Crippen MR) is 272 cm³/mol. The Morgan fingerprint density at radius 3 is 1.45 bits per heavy atom. The van der Waals surface area contributed by atoms with Crippen LogP contribution in [-0.4, -0.2) is 4.98 Å². The van der Waals surface area contributed by atoms with Crippen LogP contribution in [0.4, 0.5) is 34.1 Å². The lowest BCUT2D eigenvalue weighted by Gasteiger charge is -2.27. The monoisotopic (exact) mass is 835 g/mol. The fraction of sp³-hybridized carbons (Fsp3) is 0. The van der Waals surface area contributed by atoms with Gasteiger partial charge in [0.25, 0.3) is 0 Å². The van der Waals surface area contributed by atoms with Gasteiger partial charge in [-0.3, -0.25) is 0 Å². The van der Waals surface area contributed by atoms with E-state index in [-0.39, 0.29) is 0 Å². The molecule has 4 nitrogen and oxygen atoms in total. The molecule has 2 heterocycles. The van der Waals surface area contributed by atoms with E-state index in [0.717, 1.165) is 76.9 Å². The third kappa shape index (κ3) is 6.17. The zero-order valence-electron chi connectivity index (χ0n) is 34.5. The molecule has 5 heteroatoms. The van der Waals surface area contributed by atoms with Crippen molar-refractivity contribution in [3.63, 3.8) is 0 Å². The number of rotatable bonds is 7. The summed E-state index contributed by atoms with van der Waals surface area (Å²) in [5, 5.41) is 12.8. The summed E-state index contributed by atoms with van der Waals surface area (Å²) in [6.07, 6.45) is 0. The van der Waals surface area contributed by atoms with Crippen molar-refractivity contribution in [3.8, 4) is 10.6 Å². The molecule has 0 spiro atoms. The fourth-order valence-corrected chi connectivity index (χ4v) is 10.5. The molecule has 0 unspecified atom stereocenters. The molecule has 0 bridgehead atoms. The van der Waals surface area contributed by atoms with Gasteiger partial charge in [-0.2, -0.15) is 0 Å². The number of hydrogen-bond donors (Lipinski definition) is 0. The number of furan rings is 1. The molecule has 0 amide bonds. The number of aromatic nitrogens is 1. The fourth-order valence-electron chi connectivity index (χ4n) is 9.46. The SMILES string of the molecule is c1ccc(-c2nc3ccc(N(c4ccc5ccccc5c4)c4ccc5c(ccc6cc(N(c7ccc8ccccc8c7)c7ccc8oc9ccccc9c8c7)ccc65)c4)cc3s2)cc1. The normalized spacial score (nSPS) is 11.8. The van der Waals surface area contributed by atoms with E-state index in [1.807, 2.05) is 18.2 Å². The summed E-state index contributed by atoms with van der Waals surface area (Å²) >= 11 is 1.73. The van der Waals surface area contributed by atoms with Gasteiger partial charge in [0, 0.05) is 50.5 Å². The largest absolute Gasteiger partial charge is 0.456 e. The molecule has 0 aliphatic heterocycles. The average Bonchev–Trinajstić information content (AvgIpc) is 3.96. The van der Waals surface area contributed by atoms with Crippen LogP contribution in [0.2, 0.25) is 0 Å². The van der Waals surface area contributed by atoms with E-state index in [1.165, 1.54) is 43.1 Å². The van der Waals surface area contributed by atoms with Crippen molar-refractivity contribution in [3.05, 3.63) is 224 Å². The maximum absolute atomic E-state index is 6.25. The Labute approximate surface area is 373 Å². The number of thiazole rings is 1. The first-order chi connectivity index (χ1) is 31.7. The molecular weight excluding hydrogens is 799 g/mol. The van der Waals surface area contributed by atoms with Crippen LogP contribution in [0.5, 0.6) is 0 Å². The Kier molecular flexibility index (Phi) is 8.36. The van der Waals surface area contributed by atoms with Gasteiger partial charge in [0.15, 0.2) is 0 Å². The molecule has 0 aliphatic rings. The molecule has 0 fully saturated rings. The first kappa shape index (κ1) is 36.4. The molecule has 13 aromatic rings. The van der Waals surface area contributed by atoms with Gasteiger partial charge in [-0.25, -0.2) is 4.98 Å². The van der Waals surface area contributed by atoms with E-state index in [1.54, 1.807) is 11.3 Å². The number of fused-ring (bicyclic) bond motifs is 9. The van der Waals surface area contributed by atoms with Gasteiger partial charge in [-0.15, -0.1) is 11.3 Å². The van der Waals surface area contributed by atoms with Crippen LogP contribution < -0.4 is 9.80 Å². The summed E-state index contributed by atoms with van der Waals surface area (Å²) in [5.41, 5.74) is 10.5. The van der Waals surface area contributed by atoms with Crippen molar-refractivity contribution < 1.29 is 4.42 Å². The molecule has 0 radical (unpaired) electrons. The predicted octanol–water partition coefficient (Wildman–Crippen LogP) is 17.4. The van der Waals surface area contributed by atoms with Crippen LogP contribution in [0.25, 0.3) is 85.8 Å². The van der Waals surface area contributed by atoms with E-state index in [9.17, 15) is 0 Å². The number of nitrogens with zero attached hydrogens (tertiary/aromatic N) is 3. The van der Waals surface area contributed by atoms with Crippen molar-refractivity contribution in [1.29, 1.82) is 0 Å². The van der Waals surface area contributed by atoms with Gasteiger partial charge < -0.3 is 14.2 Å². The number of anilines is 6. The Morgan fingerprint density at radius 1 is 0.328 bits per heavy atom. The van der Waals surface area contributed by atoms with Gasteiger partial charge in [-0.1, -0.05) is 133 Å². The first-order valence-corrected chi connectivity index (χ1v) is 22.4. The second-order valence-electron chi connectivity index (χ2n) is 16.4. The van der Waals surface area contributed by atoms with Gasteiger partial charge in [0.05, 0.1) is 10.2 Å². The van der Waals surface area contributed by atoms with Crippen LogP contribution in [0.3, 0.4) is 0 Å². The molecule has 11 aromatic carbocycles. The molecule has 300 valence electrons. The summed E-state index contributed by atoms with van der Waals surface area (Å²) in [5.74, 6) is 0. The smallest absolute Gasteiger partial charge is 0.135 e. The highest BCUT2D eigenvalue weighted by Gasteiger charge is 2.19. The molecule has 0 atom stereocenters. The molecule has 2 aromatic heterocycles. The highest BCUT2D eigenvalue weighted by molar-refractivity contribution is 7.21. The van der Waals surface area contributed by atoms with E-state index in [0.29, 0.717) is 0 Å². The topological polar surface area (TPSA) is 32.5 Å². The third-order valence-electron chi connectivity index (χ3n) is 12.6. The number of para-hydroxylation sites is 1. The van der Waals surface area contributed by atoms with E-state index in [4.69, 9.17) is 9.40 Å². The lowest BCUT2D eigenvalue weighted by Crippen LogP contribution is -2.10. The molecule has 0 saturated heterocycles. The summed E-state index contributed by atoms with van der Waals surface area (Å²) in [6.45, 7) is 0. The van der Waals surface area contributed by atoms with E-state index >= 15 is 0 Å². The number of hydrogen-bond acceptors (Lipinski definition) is 5. The Bertz CT molecular complexity index is 3940. The minimum Gasteiger partial charge on any atom is -0.456 e. The maximum atomic E-state index is 6.25. The van der Waals surface area contributed by atoms with Gasteiger partial charge >= 0.3 is 0 Å². The zero-order valence-corrected chi connectivity index (χ0v) is 35.3. The highest BCUT2D eigenvalue weighted by atomic mass is 32.1. The second-order valence-corrected chi connectivity index (χ2v) is 17.5. The standard InChI is InChI=1S/C59H37N3OS/c1-2-12-40(13-3-1)59-60-55-30-26-50(37-58(55)64-59)62(46-23-21-39-11-5-7-15-42(39)33-46)48-25-29-52-44(35-48)19-18-43-34-47(24-28-51(43)52)61(45-22-20-38-10-4-6-14-41(38)32-45)49-27-31-57-54(36-49)53-16-8-9-17-56(53)63-57/h1-37H. The van der Waals surface area contributed by atoms with Gasteiger partial charge in [0.1, 0.15) is 16.2 Å². The summed E-state index contributed by atoms with van der Waals surface area (Å²) in [4.78, 5) is 9.76. The van der Waals surface area contributed by atoms with Crippen LogP contribution in [0.15, 0.2) is 229 Å². The van der Waals surface area contributed by atoms with Crippen LogP contribution in [0.1, 0.15) is 0 Å². The van der Waals surface area contributed by atoms with E-state index in [2.05, 4.69) is 216 Å². The summed E-state index contributed by atoms with van der Waals surface area (Å²) < 4.78 is 7.41. The van der Waals surface area contributed by atoms with Gasteiger partial charge in [-0.05, 0) is 134 Å². The van der Waals surface area contributed by atoms with Crippen molar-refractivity contribution in [2.75, 3.05) is 9.80 Å². The molecular formula is C59H37N3OS. The van der Waals surface area contributed by atoms with Crippen LogP contribution >= 0.6 is 11.3 Å². The minimum absolute atomic E-state index is 0.883. The van der Waals surface area contributed by atoms with Crippen molar-refractivity contribution >= 4 is 121 Å². The van der Waals surface area contributed by atoms with Gasteiger partial charge in [0.2, 0.25) is 0 Å². The third-order valence-corrected chi connectivity index (χ3v) is 13.6. The molecule has 0 N–H and O–H groups in total. The van der Waals surface area contributed by atoms with E-state index < -0.39 is 0 Å². The van der Waals surface area contributed by atoms with Crippen molar-refractivity contribution in [1.82, 2.24) is 4.98 Å². The lowest BCUT2D eigenvalue weighted by atomic mass is 9.99.